The maximum Gasteiger partial charge on any atom is 0.115 e. The Bertz CT molecular complexity index is 676. The molecule has 1 N–H and O–H groups in total. The van der Waals surface area contributed by atoms with E-state index in [1.807, 2.05) is 12.1 Å². The SMILES string of the molecule is C#C[C@]1(C)CCC2=C1CC[C@@H]1c3ccc(O)cc3CC[C@@H]21. The quantitative estimate of drug-likeness (QED) is 0.545. The molecule has 1 aromatic rings. The summed E-state index contributed by atoms with van der Waals surface area (Å²) in [5.74, 6) is 4.82. The summed E-state index contributed by atoms with van der Waals surface area (Å²) >= 11 is 0. The summed E-state index contributed by atoms with van der Waals surface area (Å²) in [5, 5.41) is 9.70. The van der Waals surface area contributed by atoms with Gasteiger partial charge >= 0.3 is 0 Å². The third-order valence-electron chi connectivity index (χ3n) is 6.16. The minimum Gasteiger partial charge on any atom is -0.508 e. The van der Waals surface area contributed by atoms with Crippen molar-refractivity contribution in [3.8, 4) is 18.1 Å². The second-order valence-electron chi connectivity index (χ2n) is 7.15. The van der Waals surface area contributed by atoms with Gasteiger partial charge in [-0.2, -0.15) is 0 Å². The highest BCUT2D eigenvalue weighted by Crippen LogP contribution is 2.57. The summed E-state index contributed by atoms with van der Waals surface area (Å²) < 4.78 is 0. The van der Waals surface area contributed by atoms with Crippen molar-refractivity contribution >= 4 is 0 Å². The molecule has 3 atom stereocenters. The predicted molar refractivity (Wildman–Crippen MR) is 85.1 cm³/mol. The van der Waals surface area contributed by atoms with Crippen molar-refractivity contribution in [2.75, 3.05) is 0 Å². The van der Waals surface area contributed by atoms with Gasteiger partial charge in [-0.05, 0) is 80.5 Å². The Morgan fingerprint density at radius 2 is 2.00 bits per heavy atom. The number of benzene rings is 1. The molecule has 0 aromatic heterocycles. The fraction of sp³-hybridized carbons (Fsp3) is 0.500. The van der Waals surface area contributed by atoms with E-state index in [2.05, 4.69) is 18.9 Å². The van der Waals surface area contributed by atoms with Gasteiger partial charge in [-0.3, -0.25) is 0 Å². The summed E-state index contributed by atoms with van der Waals surface area (Å²) in [6.07, 6.45) is 12.9. The van der Waals surface area contributed by atoms with E-state index in [9.17, 15) is 5.11 Å². The number of rotatable bonds is 0. The zero-order valence-corrected chi connectivity index (χ0v) is 12.7. The molecule has 0 amide bonds. The Kier molecular flexibility index (Phi) is 2.73. The van der Waals surface area contributed by atoms with Gasteiger partial charge in [0.05, 0.1) is 0 Å². The van der Waals surface area contributed by atoms with Gasteiger partial charge in [0.2, 0.25) is 0 Å². The van der Waals surface area contributed by atoms with Crippen molar-refractivity contribution in [2.45, 2.75) is 51.4 Å². The molecular formula is C20H22O. The van der Waals surface area contributed by atoms with E-state index >= 15 is 0 Å². The predicted octanol–water partition coefficient (Wildman–Crippen LogP) is 4.56. The van der Waals surface area contributed by atoms with Crippen LogP contribution in [0.25, 0.3) is 0 Å². The highest BCUT2D eigenvalue weighted by molar-refractivity contribution is 5.45. The number of hydrogen-bond acceptors (Lipinski definition) is 1. The summed E-state index contributed by atoms with van der Waals surface area (Å²) in [6.45, 7) is 2.25. The molecule has 4 rings (SSSR count). The first-order valence-electron chi connectivity index (χ1n) is 8.14. The Labute approximate surface area is 127 Å². The maximum atomic E-state index is 9.70. The van der Waals surface area contributed by atoms with Crippen LogP contribution in [0.1, 0.15) is 56.1 Å². The molecule has 0 unspecified atom stereocenters. The molecule has 0 saturated heterocycles. The van der Waals surface area contributed by atoms with E-state index in [4.69, 9.17) is 6.42 Å². The second kappa shape index (κ2) is 4.41. The first kappa shape index (κ1) is 13.0. The minimum atomic E-state index is 0.0233. The highest BCUT2D eigenvalue weighted by atomic mass is 16.3. The average Bonchev–Trinajstić information content (AvgIpc) is 2.85. The standard InChI is InChI=1S/C20H22O/c1-3-20(2)11-10-18-17-6-4-13-12-14(21)5-7-15(13)16(17)8-9-19(18)20/h1,5,7,12,16-17,21H,4,6,8-11H2,2H3/t16-,17-,20-/m1/s1. The van der Waals surface area contributed by atoms with Crippen molar-refractivity contribution in [1.29, 1.82) is 0 Å². The summed E-state index contributed by atoms with van der Waals surface area (Å²) in [4.78, 5) is 0. The molecule has 0 spiro atoms. The molecule has 0 fully saturated rings. The van der Waals surface area contributed by atoms with Gasteiger partial charge in [0.15, 0.2) is 0 Å². The lowest BCUT2D eigenvalue weighted by molar-refractivity contribution is 0.369. The van der Waals surface area contributed by atoms with Crippen molar-refractivity contribution in [3.05, 3.63) is 40.5 Å². The van der Waals surface area contributed by atoms with Gasteiger partial charge in [-0.25, -0.2) is 0 Å². The fourth-order valence-corrected chi connectivity index (χ4v) is 5.02. The lowest BCUT2D eigenvalue weighted by atomic mass is 9.64. The Hall–Kier alpha value is -1.68. The van der Waals surface area contributed by atoms with Crippen LogP contribution in [0.3, 0.4) is 0 Å². The number of terminal acetylenes is 1. The molecule has 3 aliphatic carbocycles. The molecular weight excluding hydrogens is 256 g/mol. The fourth-order valence-electron chi connectivity index (χ4n) is 5.02. The van der Waals surface area contributed by atoms with E-state index in [1.54, 1.807) is 11.1 Å². The van der Waals surface area contributed by atoms with Crippen LogP contribution in [0.5, 0.6) is 5.75 Å². The highest BCUT2D eigenvalue weighted by Gasteiger charge is 2.44. The van der Waals surface area contributed by atoms with Crippen LogP contribution < -0.4 is 0 Å². The average molecular weight is 278 g/mol. The van der Waals surface area contributed by atoms with Crippen molar-refractivity contribution in [1.82, 2.24) is 0 Å². The zero-order chi connectivity index (χ0) is 14.6. The van der Waals surface area contributed by atoms with Gasteiger partial charge in [0.25, 0.3) is 0 Å². The van der Waals surface area contributed by atoms with Crippen LogP contribution in [-0.2, 0) is 6.42 Å². The minimum absolute atomic E-state index is 0.0233. The number of allylic oxidation sites excluding steroid dienone is 2. The number of phenolic OH excluding ortho intramolecular Hbond substituents is 1. The lowest BCUT2D eigenvalue weighted by Crippen LogP contribution is -2.27. The molecule has 0 radical (unpaired) electrons. The molecule has 0 bridgehead atoms. The molecule has 1 aromatic carbocycles. The normalized spacial score (nSPS) is 33.9. The largest absolute Gasteiger partial charge is 0.508 e. The molecule has 21 heavy (non-hydrogen) atoms. The summed E-state index contributed by atoms with van der Waals surface area (Å²) in [6, 6.07) is 5.98. The Morgan fingerprint density at radius 3 is 2.81 bits per heavy atom. The topological polar surface area (TPSA) is 20.2 Å². The van der Waals surface area contributed by atoms with Gasteiger partial charge in [-0.1, -0.05) is 23.1 Å². The third kappa shape index (κ3) is 1.78. The Morgan fingerprint density at radius 1 is 1.19 bits per heavy atom. The van der Waals surface area contributed by atoms with Gasteiger partial charge < -0.3 is 5.11 Å². The first-order valence-corrected chi connectivity index (χ1v) is 8.14. The van der Waals surface area contributed by atoms with E-state index in [1.165, 1.54) is 30.4 Å². The molecule has 1 nitrogen and oxygen atoms in total. The van der Waals surface area contributed by atoms with Gasteiger partial charge in [-0.15, -0.1) is 6.42 Å². The first-order chi connectivity index (χ1) is 10.1. The van der Waals surface area contributed by atoms with Crippen LogP contribution in [0.2, 0.25) is 0 Å². The lowest BCUT2D eigenvalue weighted by Gasteiger charge is -2.40. The molecule has 108 valence electrons. The van der Waals surface area contributed by atoms with Crippen LogP contribution in [0.15, 0.2) is 29.3 Å². The van der Waals surface area contributed by atoms with E-state index < -0.39 is 0 Å². The second-order valence-corrected chi connectivity index (χ2v) is 7.15. The summed E-state index contributed by atoms with van der Waals surface area (Å²) in [7, 11) is 0. The monoisotopic (exact) mass is 278 g/mol. The molecule has 0 saturated carbocycles. The summed E-state index contributed by atoms with van der Waals surface area (Å²) in [5.41, 5.74) is 6.14. The van der Waals surface area contributed by atoms with Crippen LogP contribution >= 0.6 is 0 Å². The third-order valence-corrected chi connectivity index (χ3v) is 6.16. The Balaban J connectivity index is 1.76. The van der Waals surface area contributed by atoms with Crippen LogP contribution in [0, 0.1) is 23.7 Å². The van der Waals surface area contributed by atoms with Crippen molar-refractivity contribution in [2.24, 2.45) is 11.3 Å². The molecule has 1 heteroatoms. The molecule has 0 aliphatic heterocycles. The van der Waals surface area contributed by atoms with Crippen molar-refractivity contribution in [3.63, 3.8) is 0 Å². The zero-order valence-electron chi connectivity index (χ0n) is 12.7. The number of phenols is 1. The number of aromatic hydroxyl groups is 1. The number of fused-ring (bicyclic) bond motifs is 4. The van der Waals surface area contributed by atoms with E-state index in [0.717, 1.165) is 19.3 Å². The van der Waals surface area contributed by atoms with Crippen LogP contribution in [-0.4, -0.2) is 5.11 Å². The van der Waals surface area contributed by atoms with E-state index in [-0.39, 0.29) is 5.41 Å². The number of hydrogen-bond donors (Lipinski definition) is 1. The number of aryl methyl sites for hydroxylation is 1. The van der Waals surface area contributed by atoms with E-state index in [0.29, 0.717) is 17.6 Å². The molecule has 0 heterocycles. The molecule has 3 aliphatic rings. The maximum absolute atomic E-state index is 9.70. The van der Waals surface area contributed by atoms with Crippen LogP contribution in [0.4, 0.5) is 0 Å². The van der Waals surface area contributed by atoms with Gasteiger partial charge in [0.1, 0.15) is 5.75 Å². The smallest absolute Gasteiger partial charge is 0.115 e. The van der Waals surface area contributed by atoms with Crippen molar-refractivity contribution < 1.29 is 5.11 Å². The van der Waals surface area contributed by atoms with Gasteiger partial charge in [0, 0.05) is 5.41 Å².